The van der Waals surface area contributed by atoms with Crippen LogP contribution in [0.25, 0.3) is 0 Å². The topological polar surface area (TPSA) is 45.2 Å². The molecule has 1 heterocycles. The highest BCUT2D eigenvalue weighted by Crippen LogP contribution is 2.07. The zero-order valence-corrected chi connectivity index (χ0v) is 12.8. The average molecular weight is 283 g/mol. The van der Waals surface area contributed by atoms with Gasteiger partial charge in [0, 0.05) is 12.7 Å². The third-order valence-electron chi connectivity index (χ3n) is 3.13. The number of likely N-dealkylation sites (N-methyl/N-ethyl adjacent to an activating group) is 1. The maximum Gasteiger partial charge on any atom is 0.239 e. The molecule has 1 N–H and O–H groups in total. The molecule has 1 amide bonds. The van der Waals surface area contributed by atoms with Gasteiger partial charge >= 0.3 is 0 Å². The van der Waals surface area contributed by atoms with Gasteiger partial charge in [-0.05, 0) is 38.1 Å². The maximum atomic E-state index is 12.0. The number of hydrogen-bond donors (Lipinski definition) is 1. The van der Waals surface area contributed by atoms with Crippen molar-refractivity contribution in [2.24, 2.45) is 0 Å². The lowest BCUT2D eigenvalue weighted by atomic mass is 10.1. The van der Waals surface area contributed by atoms with Gasteiger partial charge in [-0.2, -0.15) is 0 Å². The predicted octanol–water partition coefficient (Wildman–Crippen LogP) is 2.77. The predicted molar refractivity (Wildman–Crippen MR) is 85.1 cm³/mol. The van der Waals surface area contributed by atoms with Crippen molar-refractivity contribution in [1.29, 1.82) is 0 Å². The molecule has 0 aliphatic heterocycles. The average Bonchev–Trinajstić information content (AvgIpc) is 2.41. The fourth-order valence-corrected chi connectivity index (χ4v) is 2.15. The van der Waals surface area contributed by atoms with Crippen LogP contribution in [-0.2, 0) is 11.3 Å². The molecule has 0 radical (unpaired) electrons. The Labute approximate surface area is 125 Å². The molecule has 21 heavy (non-hydrogen) atoms. The van der Waals surface area contributed by atoms with E-state index in [2.05, 4.69) is 35.4 Å². The summed E-state index contributed by atoms with van der Waals surface area (Å²) < 4.78 is 0. The molecule has 0 spiro atoms. The first-order chi connectivity index (χ1) is 10.0. The van der Waals surface area contributed by atoms with Crippen LogP contribution in [0.1, 0.15) is 16.7 Å². The van der Waals surface area contributed by atoms with E-state index in [9.17, 15) is 4.79 Å². The van der Waals surface area contributed by atoms with Crippen molar-refractivity contribution in [3.8, 4) is 0 Å². The molecule has 0 aliphatic carbocycles. The lowest BCUT2D eigenvalue weighted by molar-refractivity contribution is -0.117. The molecule has 1 aromatic heterocycles. The van der Waals surface area contributed by atoms with Gasteiger partial charge in [-0.3, -0.25) is 9.69 Å². The van der Waals surface area contributed by atoms with Gasteiger partial charge in [0.05, 0.1) is 6.54 Å². The Morgan fingerprint density at radius 3 is 2.67 bits per heavy atom. The second-order valence-electron chi connectivity index (χ2n) is 5.43. The van der Waals surface area contributed by atoms with E-state index in [0.29, 0.717) is 12.4 Å². The van der Waals surface area contributed by atoms with Crippen molar-refractivity contribution in [3.05, 3.63) is 59.3 Å². The van der Waals surface area contributed by atoms with Gasteiger partial charge in [0.25, 0.3) is 0 Å². The molecule has 0 aliphatic rings. The molecule has 1 aromatic carbocycles. The van der Waals surface area contributed by atoms with E-state index in [1.807, 2.05) is 37.1 Å². The summed E-state index contributed by atoms with van der Waals surface area (Å²) in [5.74, 6) is 0.538. The molecule has 0 atom stereocenters. The minimum absolute atomic E-state index is 0.0542. The molecule has 2 aromatic rings. The van der Waals surface area contributed by atoms with Gasteiger partial charge < -0.3 is 5.32 Å². The number of hydrogen-bond acceptors (Lipinski definition) is 3. The van der Waals surface area contributed by atoms with Crippen LogP contribution in [0.2, 0.25) is 0 Å². The minimum Gasteiger partial charge on any atom is -0.310 e. The summed E-state index contributed by atoms with van der Waals surface area (Å²) in [6.07, 6.45) is 1.74. The van der Waals surface area contributed by atoms with Crippen LogP contribution >= 0.6 is 0 Å². The van der Waals surface area contributed by atoms with Crippen LogP contribution in [0.3, 0.4) is 0 Å². The summed E-state index contributed by atoms with van der Waals surface area (Å²) in [5, 5.41) is 2.81. The molecule has 0 unspecified atom stereocenters. The molecule has 2 rings (SSSR count). The van der Waals surface area contributed by atoms with Gasteiger partial charge in [0.15, 0.2) is 0 Å². The Bertz CT molecular complexity index is 608. The van der Waals surface area contributed by atoms with Crippen LogP contribution in [0.15, 0.2) is 42.6 Å². The van der Waals surface area contributed by atoms with Crippen molar-refractivity contribution in [3.63, 3.8) is 0 Å². The third-order valence-corrected chi connectivity index (χ3v) is 3.13. The molecular weight excluding hydrogens is 262 g/mol. The summed E-state index contributed by atoms with van der Waals surface area (Å²) in [6, 6.07) is 12.1. The summed E-state index contributed by atoms with van der Waals surface area (Å²) in [7, 11) is 1.94. The summed E-state index contributed by atoms with van der Waals surface area (Å²) in [4.78, 5) is 18.1. The smallest absolute Gasteiger partial charge is 0.239 e. The summed E-state index contributed by atoms with van der Waals surface area (Å²) >= 11 is 0. The highest BCUT2D eigenvalue weighted by Gasteiger charge is 2.08. The summed E-state index contributed by atoms with van der Waals surface area (Å²) in [6.45, 7) is 5.12. The number of carbonyl (C=O) groups excluding carboxylic acids is 1. The van der Waals surface area contributed by atoms with Crippen LogP contribution in [-0.4, -0.2) is 29.4 Å². The normalized spacial score (nSPS) is 10.7. The Kier molecular flexibility index (Phi) is 5.06. The number of carbonyl (C=O) groups is 1. The summed E-state index contributed by atoms with van der Waals surface area (Å²) in [5.41, 5.74) is 3.51. The number of nitrogens with one attached hydrogen (secondary N) is 1. The molecule has 4 nitrogen and oxygen atoms in total. The highest BCUT2D eigenvalue weighted by molar-refractivity contribution is 5.91. The van der Waals surface area contributed by atoms with E-state index >= 15 is 0 Å². The van der Waals surface area contributed by atoms with Gasteiger partial charge in [-0.1, -0.05) is 35.9 Å². The highest BCUT2D eigenvalue weighted by atomic mass is 16.2. The lowest BCUT2D eigenvalue weighted by Crippen LogP contribution is -2.30. The molecule has 4 heteroatoms. The Morgan fingerprint density at radius 2 is 2.00 bits per heavy atom. The second kappa shape index (κ2) is 6.99. The first-order valence-electron chi connectivity index (χ1n) is 6.99. The monoisotopic (exact) mass is 283 g/mol. The van der Waals surface area contributed by atoms with Crippen molar-refractivity contribution >= 4 is 11.7 Å². The van der Waals surface area contributed by atoms with Crippen molar-refractivity contribution in [1.82, 2.24) is 9.88 Å². The molecular formula is C17H21N3O. The number of aromatic nitrogens is 1. The second-order valence-corrected chi connectivity index (χ2v) is 5.43. The minimum atomic E-state index is -0.0542. The Morgan fingerprint density at radius 1 is 1.19 bits per heavy atom. The Hall–Kier alpha value is -2.20. The van der Waals surface area contributed by atoms with Crippen molar-refractivity contribution in [2.75, 3.05) is 18.9 Å². The lowest BCUT2D eigenvalue weighted by Gasteiger charge is -2.16. The van der Waals surface area contributed by atoms with Crippen molar-refractivity contribution < 1.29 is 4.79 Å². The van der Waals surface area contributed by atoms with E-state index in [1.54, 1.807) is 6.20 Å². The van der Waals surface area contributed by atoms with Crippen LogP contribution in [0.4, 0.5) is 5.82 Å². The van der Waals surface area contributed by atoms with E-state index in [0.717, 1.165) is 12.1 Å². The molecule has 0 fully saturated rings. The van der Waals surface area contributed by atoms with E-state index in [-0.39, 0.29) is 5.91 Å². The van der Waals surface area contributed by atoms with Crippen LogP contribution < -0.4 is 5.32 Å². The van der Waals surface area contributed by atoms with Gasteiger partial charge in [0.2, 0.25) is 5.91 Å². The number of nitrogens with zero attached hydrogens (tertiary/aromatic N) is 2. The quantitative estimate of drug-likeness (QED) is 0.917. The SMILES string of the molecule is Cc1ccc(NC(=O)CN(C)Cc2cccc(C)c2)nc1. The standard InChI is InChI=1S/C17H21N3O/c1-13-5-4-6-15(9-13)11-20(3)12-17(21)19-16-8-7-14(2)10-18-16/h4-10H,11-12H2,1-3H3,(H,18,19,21). The van der Waals surface area contributed by atoms with Gasteiger partial charge in [0.1, 0.15) is 5.82 Å². The molecule has 0 bridgehead atoms. The van der Waals surface area contributed by atoms with Gasteiger partial charge in [-0.15, -0.1) is 0 Å². The Balaban J connectivity index is 1.86. The fraction of sp³-hybridized carbons (Fsp3) is 0.294. The van der Waals surface area contributed by atoms with Crippen molar-refractivity contribution in [2.45, 2.75) is 20.4 Å². The number of benzene rings is 1. The molecule has 110 valence electrons. The van der Waals surface area contributed by atoms with E-state index in [4.69, 9.17) is 0 Å². The third kappa shape index (κ3) is 5.00. The van der Waals surface area contributed by atoms with Gasteiger partial charge in [-0.25, -0.2) is 4.98 Å². The zero-order chi connectivity index (χ0) is 15.2. The number of aryl methyl sites for hydroxylation is 2. The van der Waals surface area contributed by atoms with E-state index < -0.39 is 0 Å². The largest absolute Gasteiger partial charge is 0.310 e. The van der Waals surface area contributed by atoms with E-state index in [1.165, 1.54) is 11.1 Å². The number of rotatable bonds is 5. The maximum absolute atomic E-state index is 12.0. The van der Waals surface area contributed by atoms with Crippen LogP contribution in [0, 0.1) is 13.8 Å². The first kappa shape index (κ1) is 15.2. The fourth-order valence-electron chi connectivity index (χ4n) is 2.15. The first-order valence-corrected chi connectivity index (χ1v) is 6.99. The van der Waals surface area contributed by atoms with Crippen LogP contribution in [0.5, 0.6) is 0 Å². The molecule has 0 saturated carbocycles. The number of pyridine rings is 1. The molecule has 0 saturated heterocycles. The number of anilines is 1. The zero-order valence-electron chi connectivity index (χ0n) is 12.8. The number of amides is 1.